The summed E-state index contributed by atoms with van der Waals surface area (Å²) < 4.78 is 4.63. The van der Waals surface area contributed by atoms with Crippen LogP contribution < -0.4 is 0 Å². The molecule has 1 fully saturated rings. The third-order valence-corrected chi connectivity index (χ3v) is 5.83. The fraction of sp³-hybridized carbons (Fsp3) is 0.783. The van der Waals surface area contributed by atoms with Gasteiger partial charge in [-0.1, -0.05) is 50.5 Å². The fourth-order valence-corrected chi connectivity index (χ4v) is 4.03. The number of allylic oxidation sites excluding steroid dienone is 3. The first-order valence-corrected chi connectivity index (χ1v) is 10.8. The van der Waals surface area contributed by atoms with Gasteiger partial charge in [0.15, 0.2) is 0 Å². The van der Waals surface area contributed by atoms with Crippen molar-refractivity contribution in [2.45, 2.75) is 83.3 Å². The van der Waals surface area contributed by atoms with E-state index in [1.165, 1.54) is 7.11 Å². The highest BCUT2D eigenvalue weighted by Gasteiger charge is 2.40. The maximum atomic E-state index is 11.1. The quantitative estimate of drug-likeness (QED) is 0.251. The van der Waals surface area contributed by atoms with Gasteiger partial charge in [0, 0.05) is 13.0 Å². The lowest BCUT2D eigenvalue weighted by Crippen LogP contribution is -2.23. The largest absolute Gasteiger partial charge is 0.469 e. The zero-order valence-corrected chi connectivity index (χ0v) is 17.8. The minimum atomic E-state index is -0.850. The molecule has 0 aliphatic heterocycles. The van der Waals surface area contributed by atoms with E-state index in [0.717, 1.165) is 44.9 Å². The molecule has 162 valence electrons. The highest BCUT2D eigenvalue weighted by Crippen LogP contribution is 2.40. The van der Waals surface area contributed by atoms with Gasteiger partial charge >= 0.3 is 5.97 Å². The number of aliphatic hydroxyl groups excluding tert-OH is 2. The van der Waals surface area contributed by atoms with Crippen molar-refractivity contribution in [1.82, 2.24) is 0 Å². The Kier molecular flexibility index (Phi) is 11.7. The number of rotatable bonds is 13. The second-order valence-corrected chi connectivity index (χ2v) is 8.34. The van der Waals surface area contributed by atoms with Crippen molar-refractivity contribution < 1.29 is 24.9 Å². The first-order chi connectivity index (χ1) is 13.3. The molecular weight excluding hydrogens is 356 g/mol. The Hall–Kier alpha value is -1.17. The molecule has 1 saturated carbocycles. The van der Waals surface area contributed by atoms with Crippen molar-refractivity contribution in [3.8, 4) is 0 Å². The molecule has 0 bridgehead atoms. The van der Waals surface area contributed by atoms with Crippen LogP contribution in [0.5, 0.6) is 0 Å². The number of unbranched alkanes of at least 4 members (excludes halogenated alkanes) is 3. The molecule has 0 amide bonds. The maximum absolute atomic E-state index is 11.1. The molecule has 0 aromatic rings. The molecule has 3 N–H and O–H groups in total. The van der Waals surface area contributed by atoms with Crippen LogP contribution in [0.1, 0.15) is 71.6 Å². The summed E-state index contributed by atoms with van der Waals surface area (Å²) in [7, 11) is 1.39. The number of hydrogen-bond donors (Lipinski definition) is 3. The van der Waals surface area contributed by atoms with E-state index in [4.69, 9.17) is 0 Å². The molecule has 5 nitrogen and oxygen atoms in total. The lowest BCUT2D eigenvalue weighted by Gasteiger charge is -2.24. The lowest BCUT2D eigenvalue weighted by molar-refractivity contribution is -0.140. The Morgan fingerprint density at radius 3 is 2.64 bits per heavy atom. The van der Waals surface area contributed by atoms with Crippen molar-refractivity contribution in [1.29, 1.82) is 0 Å². The summed E-state index contributed by atoms with van der Waals surface area (Å²) in [6, 6.07) is 0. The predicted octanol–water partition coefficient (Wildman–Crippen LogP) is 3.77. The summed E-state index contributed by atoms with van der Waals surface area (Å²) in [5.74, 6) is -0.0777. The first-order valence-electron chi connectivity index (χ1n) is 10.8. The molecule has 1 rings (SSSR count). The van der Waals surface area contributed by atoms with Gasteiger partial charge in [-0.05, 0) is 56.8 Å². The molecule has 0 heterocycles. The maximum Gasteiger partial charge on any atom is 0.305 e. The zero-order valence-electron chi connectivity index (χ0n) is 17.8. The number of aliphatic hydroxyl groups is 3. The summed E-state index contributed by atoms with van der Waals surface area (Å²) in [5, 5.41) is 30.8. The summed E-state index contributed by atoms with van der Waals surface area (Å²) in [6.07, 6.45) is 14.7. The highest BCUT2D eigenvalue weighted by atomic mass is 16.5. The predicted molar refractivity (Wildman–Crippen MR) is 112 cm³/mol. The van der Waals surface area contributed by atoms with Gasteiger partial charge in [0.25, 0.3) is 0 Å². The van der Waals surface area contributed by atoms with E-state index in [9.17, 15) is 20.1 Å². The van der Waals surface area contributed by atoms with Gasteiger partial charge in [-0.25, -0.2) is 0 Å². The van der Waals surface area contributed by atoms with Gasteiger partial charge in [-0.3, -0.25) is 4.79 Å². The Balaban J connectivity index is 2.62. The van der Waals surface area contributed by atoms with Crippen LogP contribution in [0.25, 0.3) is 0 Å². The Morgan fingerprint density at radius 1 is 1.25 bits per heavy atom. The Morgan fingerprint density at radius 2 is 2.00 bits per heavy atom. The number of esters is 1. The van der Waals surface area contributed by atoms with Crippen molar-refractivity contribution in [3.63, 3.8) is 0 Å². The van der Waals surface area contributed by atoms with Gasteiger partial charge in [-0.15, -0.1) is 0 Å². The van der Waals surface area contributed by atoms with Gasteiger partial charge in [0.1, 0.15) is 0 Å². The van der Waals surface area contributed by atoms with Gasteiger partial charge in [0.05, 0.1) is 18.8 Å². The Bertz CT molecular complexity index is 497. The summed E-state index contributed by atoms with van der Waals surface area (Å²) >= 11 is 0. The van der Waals surface area contributed by atoms with Crippen LogP contribution in [0, 0.1) is 17.8 Å². The average Bonchev–Trinajstić information content (AvgIpc) is 2.97. The third kappa shape index (κ3) is 8.89. The second kappa shape index (κ2) is 13.1. The molecular formula is C23H40O5. The van der Waals surface area contributed by atoms with Crippen molar-refractivity contribution in [2.24, 2.45) is 17.8 Å². The van der Waals surface area contributed by atoms with E-state index in [1.54, 1.807) is 0 Å². The summed E-state index contributed by atoms with van der Waals surface area (Å²) in [4.78, 5) is 11.1. The van der Waals surface area contributed by atoms with Gasteiger partial charge in [-0.2, -0.15) is 0 Å². The average molecular weight is 397 g/mol. The third-order valence-electron chi connectivity index (χ3n) is 5.83. The van der Waals surface area contributed by atoms with Crippen LogP contribution in [0.15, 0.2) is 24.3 Å². The van der Waals surface area contributed by atoms with Crippen LogP contribution in [-0.2, 0) is 9.53 Å². The fourth-order valence-electron chi connectivity index (χ4n) is 4.03. The molecule has 1 unspecified atom stereocenters. The van der Waals surface area contributed by atoms with E-state index in [0.29, 0.717) is 12.8 Å². The number of methoxy groups -OCH3 is 1. The van der Waals surface area contributed by atoms with Crippen LogP contribution in [0.3, 0.4) is 0 Å². The van der Waals surface area contributed by atoms with E-state index in [1.807, 2.05) is 25.2 Å². The molecule has 0 spiro atoms. The number of ether oxygens (including phenoxy) is 1. The van der Waals surface area contributed by atoms with Crippen LogP contribution >= 0.6 is 0 Å². The Labute approximate surface area is 170 Å². The standard InChI is InChI=1S/C23H40O5/c1-4-5-10-14-23(2,27)15-13-19-18(17-24)16-21(25)20(19)11-8-6-7-9-12-22(26)28-3/h6,8,13,15,18-21,24-25,27H,4-5,7,9-12,14,16-17H2,1-3H3/b8-6-,15-13+/t18-,19-,20+,21-,23?/m0/s1. The van der Waals surface area contributed by atoms with Crippen molar-refractivity contribution >= 4 is 5.97 Å². The molecule has 0 aromatic carbocycles. The molecule has 5 atom stereocenters. The lowest BCUT2D eigenvalue weighted by atomic mass is 9.85. The molecule has 0 aromatic heterocycles. The minimum Gasteiger partial charge on any atom is -0.469 e. The molecule has 0 saturated heterocycles. The summed E-state index contributed by atoms with van der Waals surface area (Å²) in [5.41, 5.74) is -0.850. The van der Waals surface area contributed by atoms with Gasteiger partial charge in [0.2, 0.25) is 0 Å². The first kappa shape index (κ1) is 24.9. The van der Waals surface area contributed by atoms with E-state index in [-0.39, 0.29) is 30.3 Å². The normalized spacial score (nSPS) is 27.5. The van der Waals surface area contributed by atoms with E-state index >= 15 is 0 Å². The number of carbonyl (C=O) groups excluding carboxylic acids is 1. The van der Waals surface area contributed by atoms with Crippen molar-refractivity contribution in [3.05, 3.63) is 24.3 Å². The topological polar surface area (TPSA) is 87.0 Å². The number of hydrogen-bond acceptors (Lipinski definition) is 5. The van der Waals surface area contributed by atoms with E-state index < -0.39 is 11.7 Å². The molecule has 0 radical (unpaired) electrons. The number of carbonyl (C=O) groups is 1. The molecule has 5 heteroatoms. The SMILES string of the molecule is CCCCCC(C)(O)/C=C/[C@H]1[C@H](CO)C[C@H](O)[C@@H]1C/C=C\CCCC(=O)OC. The zero-order chi connectivity index (χ0) is 21.0. The van der Waals surface area contributed by atoms with Crippen LogP contribution in [0.2, 0.25) is 0 Å². The van der Waals surface area contributed by atoms with Crippen molar-refractivity contribution in [2.75, 3.05) is 13.7 Å². The molecule has 28 heavy (non-hydrogen) atoms. The minimum absolute atomic E-state index is 0.0235. The van der Waals surface area contributed by atoms with Gasteiger partial charge < -0.3 is 20.1 Å². The molecule has 1 aliphatic rings. The molecule has 1 aliphatic carbocycles. The smallest absolute Gasteiger partial charge is 0.305 e. The van der Waals surface area contributed by atoms with Crippen LogP contribution in [-0.4, -0.2) is 46.7 Å². The summed E-state index contributed by atoms with van der Waals surface area (Å²) in [6.45, 7) is 4.02. The van der Waals surface area contributed by atoms with E-state index in [2.05, 4.69) is 17.7 Å². The monoisotopic (exact) mass is 396 g/mol. The van der Waals surface area contributed by atoms with Crippen LogP contribution in [0.4, 0.5) is 0 Å². The highest BCUT2D eigenvalue weighted by molar-refractivity contribution is 5.69. The second-order valence-electron chi connectivity index (χ2n) is 8.34.